The van der Waals surface area contributed by atoms with Crippen molar-refractivity contribution in [3.05, 3.63) is 107 Å². The van der Waals surface area contributed by atoms with Gasteiger partial charge in [-0.1, -0.05) is 61.4 Å². The van der Waals surface area contributed by atoms with Gasteiger partial charge in [-0.2, -0.15) is 5.26 Å². The smallest absolute Gasteiger partial charge is 0.247 e. The number of ether oxygens (including phenoxy) is 1. The van der Waals surface area contributed by atoms with Gasteiger partial charge in [0, 0.05) is 72.6 Å². The zero-order valence-electron chi connectivity index (χ0n) is 37.4. The van der Waals surface area contributed by atoms with Crippen LogP contribution in [0.5, 0.6) is 0 Å². The van der Waals surface area contributed by atoms with Gasteiger partial charge in [0.05, 0.1) is 24.3 Å². The first-order valence-electron chi connectivity index (χ1n) is 23.2. The number of benzene rings is 3. The summed E-state index contributed by atoms with van der Waals surface area (Å²) in [5.74, 6) is -3.40. The Labute approximate surface area is 387 Å². The average molecular weight is 909 g/mol. The van der Waals surface area contributed by atoms with Crippen LogP contribution in [0.1, 0.15) is 74.1 Å². The van der Waals surface area contributed by atoms with E-state index in [0.29, 0.717) is 31.2 Å². The number of nitrogens with two attached hydrogens (primary N) is 1. The number of hydrogen-bond acceptors (Lipinski definition) is 9. The van der Waals surface area contributed by atoms with Crippen molar-refractivity contribution in [1.82, 2.24) is 41.0 Å². The van der Waals surface area contributed by atoms with E-state index in [-0.39, 0.29) is 51.8 Å². The topological polar surface area (TPSA) is 248 Å². The molecule has 0 radical (unpaired) electrons. The lowest BCUT2D eigenvalue weighted by Gasteiger charge is -2.36. The van der Waals surface area contributed by atoms with E-state index in [9.17, 15) is 34.0 Å². The minimum absolute atomic E-state index is 0.0251. The van der Waals surface area contributed by atoms with Crippen molar-refractivity contribution in [2.75, 3.05) is 13.1 Å². The summed E-state index contributed by atoms with van der Waals surface area (Å²) >= 11 is 0. The highest BCUT2D eigenvalue weighted by Crippen LogP contribution is 2.32. The number of nitrogens with one attached hydrogen (secondary N) is 6. The minimum atomic E-state index is -1.44. The Morgan fingerprint density at radius 3 is 2.00 bits per heavy atom. The Balaban J connectivity index is 1.09. The number of hydrogen-bond donors (Lipinski definition) is 7. The zero-order valence-corrected chi connectivity index (χ0v) is 37.4. The molecular weight excluding hydrogens is 853 g/mol. The molecule has 1 saturated carbocycles. The second-order valence-corrected chi connectivity index (χ2v) is 18.5. The molecule has 5 heterocycles. The van der Waals surface area contributed by atoms with Crippen molar-refractivity contribution in [2.45, 2.75) is 119 Å². The second kappa shape index (κ2) is 19.1. The standard InChI is InChI=1S/C50H56N10O7/c1-29(52)43-48(65)59-20-8-13-41(59)47(64)60-27-34(67-28-31-16-14-30(24-51)15-17-31)23-42(60)46(63)55-40(22-33-26-54-38-12-5-3-10-36(33)38)45(62)58-50(18-6-7-19-50)49(66)56-39(44(61)57-43)21-32-25-53-37-11-4-2-9-35(32)37/h2-5,9-12,14-17,25-26,29,34,39-43,53-54H,6-8,13,18-23,27-28,52H2,1H3,(H,55,63)(H,56,66)(H,57,61)(H,58,62)/t29?,34-,39+,40+,41-,42+,43+/m1/s1. The number of carbonyl (C=O) groups excluding carboxylic acids is 6. The van der Waals surface area contributed by atoms with Gasteiger partial charge in [-0.3, -0.25) is 28.8 Å². The van der Waals surface area contributed by atoms with Crippen molar-refractivity contribution in [3.8, 4) is 6.07 Å². The van der Waals surface area contributed by atoms with Gasteiger partial charge in [0.1, 0.15) is 35.7 Å². The van der Waals surface area contributed by atoms with Gasteiger partial charge in [-0.25, -0.2) is 0 Å². The van der Waals surface area contributed by atoms with E-state index in [4.69, 9.17) is 10.5 Å². The number of para-hydroxylation sites is 2. The van der Waals surface area contributed by atoms with Gasteiger partial charge >= 0.3 is 0 Å². The molecule has 9 rings (SSSR count). The van der Waals surface area contributed by atoms with Crippen LogP contribution in [0.25, 0.3) is 21.8 Å². The van der Waals surface area contributed by atoms with Crippen LogP contribution >= 0.6 is 0 Å². The van der Waals surface area contributed by atoms with Crippen molar-refractivity contribution >= 4 is 57.2 Å². The number of H-pyrrole nitrogens is 2. The number of nitriles is 1. The quantitative estimate of drug-likeness (QED) is 0.121. The van der Waals surface area contributed by atoms with E-state index in [0.717, 1.165) is 38.5 Å². The molecule has 8 N–H and O–H groups in total. The van der Waals surface area contributed by atoms with Gasteiger partial charge in [-0.05, 0) is 73.6 Å². The van der Waals surface area contributed by atoms with Crippen LogP contribution < -0.4 is 27.0 Å². The van der Waals surface area contributed by atoms with Crippen molar-refractivity contribution in [1.29, 1.82) is 5.26 Å². The molecule has 3 aliphatic heterocycles. The number of aromatic nitrogens is 2. The van der Waals surface area contributed by atoms with E-state index in [2.05, 4.69) is 37.3 Å². The molecule has 67 heavy (non-hydrogen) atoms. The Hall–Kier alpha value is -7.03. The fourth-order valence-corrected chi connectivity index (χ4v) is 10.4. The summed E-state index contributed by atoms with van der Waals surface area (Å²) in [6.07, 6.45) is 5.74. The van der Waals surface area contributed by atoms with E-state index >= 15 is 0 Å². The van der Waals surface area contributed by atoms with Crippen molar-refractivity contribution < 1.29 is 33.5 Å². The highest BCUT2D eigenvalue weighted by Gasteiger charge is 2.49. The summed E-state index contributed by atoms with van der Waals surface area (Å²) in [5.41, 5.74) is 9.51. The number of nitrogens with zero attached hydrogens (tertiary/aromatic N) is 3. The molecule has 5 aromatic rings. The molecule has 3 aromatic carbocycles. The highest BCUT2D eigenvalue weighted by molar-refractivity contribution is 6.00. The molecule has 2 aromatic heterocycles. The number of fused-ring (bicyclic) bond motifs is 4. The maximum Gasteiger partial charge on any atom is 0.247 e. The van der Waals surface area contributed by atoms with Crippen molar-refractivity contribution in [3.63, 3.8) is 0 Å². The molecule has 1 aliphatic carbocycles. The summed E-state index contributed by atoms with van der Waals surface area (Å²) in [5, 5.41) is 22.9. The summed E-state index contributed by atoms with van der Waals surface area (Å²) in [6.45, 7) is 1.98. The second-order valence-electron chi connectivity index (χ2n) is 18.5. The fourth-order valence-electron chi connectivity index (χ4n) is 10.4. The molecule has 4 aliphatic rings. The van der Waals surface area contributed by atoms with Crippen LogP contribution in [-0.4, -0.2) is 116 Å². The normalized spacial score (nSPS) is 25.5. The zero-order chi connectivity index (χ0) is 46.8. The first kappa shape index (κ1) is 45.1. The van der Waals surface area contributed by atoms with Gasteiger partial charge in [0.25, 0.3) is 0 Å². The summed E-state index contributed by atoms with van der Waals surface area (Å²) < 4.78 is 6.33. The number of carbonyl (C=O) groups is 6. The summed E-state index contributed by atoms with van der Waals surface area (Å²) in [4.78, 5) is 98.2. The highest BCUT2D eigenvalue weighted by atomic mass is 16.5. The minimum Gasteiger partial charge on any atom is -0.372 e. The van der Waals surface area contributed by atoms with Gasteiger partial charge in [-0.15, -0.1) is 0 Å². The van der Waals surface area contributed by atoms with Gasteiger partial charge < -0.3 is 51.5 Å². The molecule has 17 nitrogen and oxygen atoms in total. The molecule has 3 saturated heterocycles. The van der Waals surface area contributed by atoms with Crippen LogP contribution in [-0.2, 0) is 53.0 Å². The molecule has 7 atom stereocenters. The summed E-state index contributed by atoms with van der Waals surface area (Å²) in [7, 11) is 0. The van der Waals surface area contributed by atoms with Gasteiger partial charge in [0.2, 0.25) is 35.4 Å². The lowest BCUT2D eigenvalue weighted by molar-refractivity contribution is -0.148. The molecule has 1 unspecified atom stereocenters. The Morgan fingerprint density at radius 2 is 1.37 bits per heavy atom. The van der Waals surface area contributed by atoms with Crippen LogP contribution in [0.15, 0.2) is 85.2 Å². The largest absolute Gasteiger partial charge is 0.372 e. The SMILES string of the molecule is CC(N)[C@@H]1NC(=O)[C@H](Cc2c[nH]c3ccccc23)NC(=O)C2(CCCC2)NC(=O)[C@H](Cc2c[nH]c3ccccc23)NC(=O)[C@@H]2C[C@@H](OCc3ccc(C#N)cc3)CN2C(=O)[C@H]2CCCN2C1=O. The Morgan fingerprint density at radius 1 is 0.746 bits per heavy atom. The molecule has 4 fully saturated rings. The Kier molecular flexibility index (Phi) is 12.8. The summed E-state index contributed by atoms with van der Waals surface area (Å²) in [6, 6.07) is 17.6. The lowest BCUT2D eigenvalue weighted by Crippen LogP contribution is -2.66. The third-order valence-electron chi connectivity index (χ3n) is 14.0. The number of amides is 6. The van der Waals surface area contributed by atoms with Crippen LogP contribution in [0, 0.1) is 11.3 Å². The monoisotopic (exact) mass is 908 g/mol. The maximum atomic E-state index is 14.9. The number of rotatable bonds is 8. The molecule has 0 bridgehead atoms. The van der Waals surface area contributed by atoms with Crippen molar-refractivity contribution in [2.24, 2.45) is 5.73 Å². The molecule has 348 valence electrons. The van der Waals surface area contributed by atoms with E-state index in [1.165, 1.54) is 9.80 Å². The van der Waals surface area contributed by atoms with Crippen LogP contribution in [0.2, 0.25) is 0 Å². The molecule has 1 spiro atoms. The predicted molar refractivity (Wildman–Crippen MR) is 247 cm³/mol. The Bertz CT molecular complexity index is 2730. The first-order chi connectivity index (χ1) is 32.4. The fraction of sp³-hybridized carbons (Fsp3) is 0.420. The van der Waals surface area contributed by atoms with Crippen LogP contribution in [0.3, 0.4) is 0 Å². The first-order valence-corrected chi connectivity index (χ1v) is 23.2. The lowest BCUT2D eigenvalue weighted by atomic mass is 9.93. The average Bonchev–Trinajstić information content (AvgIpc) is 4.20. The predicted octanol–water partition coefficient (Wildman–Crippen LogP) is 2.73. The maximum absolute atomic E-state index is 14.9. The third kappa shape index (κ3) is 9.23. The van der Waals surface area contributed by atoms with Gasteiger partial charge in [0.15, 0.2) is 0 Å². The third-order valence-corrected chi connectivity index (χ3v) is 14.0. The van der Waals surface area contributed by atoms with E-state index in [1.54, 1.807) is 43.6 Å². The van der Waals surface area contributed by atoms with E-state index < -0.39 is 83.3 Å². The number of aromatic amines is 2. The molecule has 6 amide bonds. The molecule has 17 heteroatoms. The molecular formula is C50H56N10O7. The van der Waals surface area contributed by atoms with E-state index in [1.807, 2.05) is 48.5 Å². The van der Waals surface area contributed by atoms with Crippen LogP contribution in [0.4, 0.5) is 0 Å².